The molecule has 0 aliphatic carbocycles. The molecule has 0 radical (unpaired) electrons. The average molecular weight is 258 g/mol. The van der Waals surface area contributed by atoms with E-state index in [0.29, 0.717) is 24.5 Å². The third kappa shape index (κ3) is 3.45. The predicted molar refractivity (Wildman–Crippen MR) is 71.2 cm³/mol. The van der Waals surface area contributed by atoms with Gasteiger partial charge in [-0.1, -0.05) is 6.07 Å². The van der Waals surface area contributed by atoms with Gasteiger partial charge in [-0.15, -0.1) is 0 Å². The van der Waals surface area contributed by atoms with Gasteiger partial charge in [0.15, 0.2) is 0 Å². The molecule has 98 valence electrons. The molecule has 1 aromatic heterocycles. The van der Waals surface area contributed by atoms with Crippen molar-refractivity contribution in [1.82, 2.24) is 4.98 Å². The lowest BCUT2D eigenvalue weighted by molar-refractivity contribution is 0.0692. The van der Waals surface area contributed by atoms with Gasteiger partial charge in [0.25, 0.3) is 0 Å². The Labute approximate surface area is 110 Å². The maximum Gasteiger partial charge on any atom is 0.339 e. The fraction of sp³-hybridized carbons (Fsp3) is 0.143. The lowest BCUT2D eigenvalue weighted by Gasteiger charge is -2.09. The Balaban J connectivity index is 2.02. The molecule has 0 aliphatic rings. The average Bonchev–Trinajstić information content (AvgIpc) is 2.41. The van der Waals surface area contributed by atoms with Crippen molar-refractivity contribution in [2.75, 3.05) is 12.3 Å². The summed E-state index contributed by atoms with van der Waals surface area (Å²) in [5.41, 5.74) is 6.92. The monoisotopic (exact) mass is 258 g/mol. The first-order chi connectivity index (χ1) is 9.16. The first-order valence-corrected chi connectivity index (χ1v) is 5.82. The number of anilines is 1. The van der Waals surface area contributed by atoms with E-state index in [9.17, 15) is 4.79 Å². The van der Waals surface area contributed by atoms with Crippen molar-refractivity contribution >= 4 is 11.7 Å². The van der Waals surface area contributed by atoms with Crippen LogP contribution in [0, 0.1) is 0 Å². The van der Waals surface area contributed by atoms with Crippen LogP contribution in [0.2, 0.25) is 0 Å². The van der Waals surface area contributed by atoms with E-state index in [2.05, 4.69) is 4.98 Å². The third-order valence-electron chi connectivity index (χ3n) is 2.58. The molecule has 3 N–H and O–H groups in total. The lowest BCUT2D eigenvalue weighted by Crippen LogP contribution is -2.07. The minimum Gasteiger partial charge on any atom is -0.492 e. The van der Waals surface area contributed by atoms with Gasteiger partial charge >= 0.3 is 5.97 Å². The number of carboxylic acids is 1. The van der Waals surface area contributed by atoms with Crippen LogP contribution in [0.5, 0.6) is 5.75 Å². The van der Waals surface area contributed by atoms with Crippen LogP contribution in [0.3, 0.4) is 0 Å². The minimum absolute atomic E-state index is 0.0704. The van der Waals surface area contributed by atoms with Crippen molar-refractivity contribution in [3.05, 3.63) is 53.9 Å². The molecule has 0 amide bonds. The molecule has 0 atom stereocenters. The number of hydrogen-bond donors (Lipinski definition) is 2. The quantitative estimate of drug-likeness (QED) is 0.801. The van der Waals surface area contributed by atoms with E-state index < -0.39 is 5.97 Å². The Kier molecular flexibility index (Phi) is 3.97. The molecule has 2 aromatic rings. The highest BCUT2D eigenvalue weighted by molar-refractivity contribution is 5.92. The zero-order valence-corrected chi connectivity index (χ0v) is 10.2. The van der Waals surface area contributed by atoms with Crippen molar-refractivity contribution < 1.29 is 14.6 Å². The number of pyridine rings is 1. The first-order valence-electron chi connectivity index (χ1n) is 5.82. The van der Waals surface area contributed by atoms with E-state index in [-0.39, 0.29) is 5.56 Å². The van der Waals surface area contributed by atoms with Gasteiger partial charge in [0.2, 0.25) is 0 Å². The molecule has 1 aromatic carbocycles. The molecule has 0 saturated heterocycles. The molecule has 5 heteroatoms. The Hall–Kier alpha value is -2.56. The number of rotatable bonds is 5. The molecule has 0 aliphatic heterocycles. The molecule has 19 heavy (non-hydrogen) atoms. The van der Waals surface area contributed by atoms with Gasteiger partial charge in [-0.25, -0.2) is 4.79 Å². The van der Waals surface area contributed by atoms with Crippen LogP contribution in [0.15, 0.2) is 42.6 Å². The molecule has 0 saturated carbocycles. The number of nitrogens with zero attached hydrogens (tertiary/aromatic N) is 1. The summed E-state index contributed by atoms with van der Waals surface area (Å²) in [6.45, 7) is 0.362. The maximum atomic E-state index is 11.1. The van der Waals surface area contributed by atoms with Crippen LogP contribution in [-0.2, 0) is 6.42 Å². The van der Waals surface area contributed by atoms with Crippen molar-refractivity contribution in [3.63, 3.8) is 0 Å². The molecule has 0 spiro atoms. The van der Waals surface area contributed by atoms with E-state index in [1.54, 1.807) is 18.3 Å². The summed E-state index contributed by atoms with van der Waals surface area (Å²) in [6, 6.07) is 10.2. The molecular weight excluding hydrogens is 244 g/mol. The van der Waals surface area contributed by atoms with Gasteiger partial charge in [-0.2, -0.15) is 0 Å². The number of carboxylic acid groups (broad SMARTS) is 1. The van der Waals surface area contributed by atoms with Gasteiger partial charge in [-0.05, 0) is 30.3 Å². The summed E-state index contributed by atoms with van der Waals surface area (Å²) in [4.78, 5) is 15.2. The Morgan fingerprint density at radius 3 is 2.84 bits per heavy atom. The largest absolute Gasteiger partial charge is 0.492 e. The van der Waals surface area contributed by atoms with E-state index in [1.807, 2.05) is 18.2 Å². The molecule has 1 heterocycles. The van der Waals surface area contributed by atoms with E-state index in [1.165, 1.54) is 6.07 Å². The minimum atomic E-state index is -1.06. The van der Waals surface area contributed by atoms with Crippen LogP contribution < -0.4 is 10.5 Å². The first kappa shape index (κ1) is 12.9. The van der Waals surface area contributed by atoms with E-state index in [0.717, 1.165) is 5.69 Å². The van der Waals surface area contributed by atoms with Crippen LogP contribution in [0.25, 0.3) is 0 Å². The molecular formula is C14H14N2O3. The number of carbonyl (C=O) groups is 1. The van der Waals surface area contributed by atoms with E-state index >= 15 is 0 Å². The van der Waals surface area contributed by atoms with Gasteiger partial charge in [0.05, 0.1) is 6.61 Å². The van der Waals surface area contributed by atoms with Crippen LogP contribution in [0.1, 0.15) is 16.1 Å². The predicted octanol–water partition coefficient (Wildman–Crippen LogP) is 1.98. The summed E-state index contributed by atoms with van der Waals surface area (Å²) >= 11 is 0. The Morgan fingerprint density at radius 2 is 2.16 bits per heavy atom. The summed E-state index contributed by atoms with van der Waals surface area (Å²) in [7, 11) is 0. The summed E-state index contributed by atoms with van der Waals surface area (Å²) < 4.78 is 5.48. The fourth-order valence-electron chi connectivity index (χ4n) is 1.65. The van der Waals surface area contributed by atoms with Gasteiger partial charge in [0, 0.05) is 24.0 Å². The third-order valence-corrected chi connectivity index (χ3v) is 2.58. The topological polar surface area (TPSA) is 85.4 Å². The summed E-state index contributed by atoms with van der Waals surface area (Å²) in [6.07, 6.45) is 2.32. The number of nitrogen functional groups attached to an aromatic ring is 1. The van der Waals surface area contributed by atoms with E-state index in [4.69, 9.17) is 15.6 Å². The fourth-order valence-corrected chi connectivity index (χ4v) is 1.65. The van der Waals surface area contributed by atoms with Crippen molar-refractivity contribution in [1.29, 1.82) is 0 Å². The van der Waals surface area contributed by atoms with Gasteiger partial charge < -0.3 is 15.6 Å². The number of aromatic nitrogens is 1. The smallest absolute Gasteiger partial charge is 0.339 e. The Bertz CT molecular complexity index is 570. The lowest BCUT2D eigenvalue weighted by atomic mass is 10.2. The second kappa shape index (κ2) is 5.86. The van der Waals surface area contributed by atoms with Crippen LogP contribution in [0.4, 0.5) is 5.69 Å². The number of benzene rings is 1. The zero-order chi connectivity index (χ0) is 13.7. The van der Waals surface area contributed by atoms with Crippen LogP contribution >= 0.6 is 0 Å². The highest BCUT2D eigenvalue weighted by atomic mass is 16.5. The maximum absolute atomic E-state index is 11.1. The molecule has 0 bridgehead atoms. The SMILES string of the molecule is Nc1ccc(OCCc2ccccn2)c(C(=O)O)c1. The summed E-state index contributed by atoms with van der Waals surface area (Å²) in [5, 5.41) is 9.06. The second-order valence-corrected chi connectivity index (χ2v) is 3.98. The zero-order valence-electron chi connectivity index (χ0n) is 10.2. The van der Waals surface area contributed by atoms with Gasteiger partial charge in [-0.3, -0.25) is 4.98 Å². The number of ether oxygens (including phenoxy) is 1. The van der Waals surface area contributed by atoms with Crippen molar-refractivity contribution in [2.24, 2.45) is 0 Å². The highest BCUT2D eigenvalue weighted by Gasteiger charge is 2.11. The number of nitrogens with two attached hydrogens (primary N) is 1. The number of hydrogen-bond acceptors (Lipinski definition) is 4. The molecule has 0 fully saturated rings. The Morgan fingerprint density at radius 1 is 1.32 bits per heavy atom. The molecule has 2 rings (SSSR count). The van der Waals surface area contributed by atoms with Crippen molar-refractivity contribution in [2.45, 2.75) is 6.42 Å². The van der Waals surface area contributed by atoms with Crippen molar-refractivity contribution in [3.8, 4) is 5.75 Å². The standard InChI is InChI=1S/C14H14N2O3/c15-10-4-5-13(12(9-10)14(17)18)19-8-6-11-3-1-2-7-16-11/h1-5,7,9H,6,8,15H2,(H,17,18). The highest BCUT2D eigenvalue weighted by Crippen LogP contribution is 2.21. The molecule has 5 nitrogen and oxygen atoms in total. The normalized spacial score (nSPS) is 10.1. The van der Waals surface area contributed by atoms with Gasteiger partial charge in [0.1, 0.15) is 11.3 Å². The summed E-state index contributed by atoms with van der Waals surface area (Å²) in [5.74, 6) is -0.738. The molecule has 0 unspecified atom stereocenters. The van der Waals surface area contributed by atoms with Crippen LogP contribution in [-0.4, -0.2) is 22.7 Å². The number of aromatic carboxylic acids is 1. The second-order valence-electron chi connectivity index (χ2n) is 3.98.